The first-order valence-electron chi connectivity index (χ1n) is 39.4. The maximum Gasteiger partial charge on any atom is 0.147 e. The Hall–Kier alpha value is -10.7. The first kappa shape index (κ1) is 77.0. The highest BCUT2D eigenvalue weighted by Gasteiger charge is 2.34. The van der Waals surface area contributed by atoms with Gasteiger partial charge in [0.05, 0.1) is 46.7 Å². The zero-order chi connectivity index (χ0) is 79.6. The molecule has 0 bridgehead atoms. The minimum atomic E-state index is -0.478. The van der Waals surface area contributed by atoms with E-state index in [0.29, 0.717) is 51.5 Å². The van der Waals surface area contributed by atoms with Crippen LogP contribution in [0.4, 0.5) is 8.78 Å². The first-order chi connectivity index (χ1) is 52.3. The Morgan fingerprint density at radius 2 is 0.568 bits per heavy atom. The van der Waals surface area contributed by atoms with Gasteiger partial charge < -0.3 is 28.8 Å². The highest BCUT2D eigenvalue weighted by Crippen LogP contribution is 2.52. The van der Waals surface area contributed by atoms with Crippen LogP contribution in [-0.4, -0.2) is 32.6 Å². The average molecular weight is 1480 g/mol. The van der Waals surface area contributed by atoms with Gasteiger partial charge in [0.1, 0.15) is 34.6 Å². The summed E-state index contributed by atoms with van der Waals surface area (Å²) < 4.78 is 50.9. The number of aromatic nitrogens is 2. The molecule has 0 amide bonds. The summed E-state index contributed by atoms with van der Waals surface area (Å²) in [4.78, 5) is 0. The molecule has 0 aliphatic rings. The number of hydrogen-bond acceptors (Lipinski definition) is 4. The third kappa shape index (κ3) is 14.9. The van der Waals surface area contributed by atoms with Gasteiger partial charge in [-0.15, -0.1) is 0 Å². The third-order valence-electron chi connectivity index (χ3n) is 22.8. The SMILES string of the molecule is Cc1cc(C)c(-c2ccc3c4ccc(-c5c(C)cc(C)cc5C)cc4n(-c4cc(C(C)(C)CC(C)(C)C)cc(-c5cc(F)ccc5OCCCOc5ccc(F)cc5-c5cc(C(C)(C)CC(C)(C)C)cc(-n6c7cc(-c8c(C)cc(C)cc8C)ccc7c7ccc(-c8c(C)cc(C)cc8C)cc76)c5O)c4O)c3c2)c(C)c1. The largest absolute Gasteiger partial charge is 0.505 e. The number of fused-ring (bicyclic) bond motifs is 6. The van der Waals surface area contributed by atoms with Crippen LogP contribution in [0, 0.1) is 106 Å². The number of hydrogen-bond donors (Lipinski definition) is 2. The fourth-order valence-electron chi connectivity index (χ4n) is 19.4. The minimum absolute atomic E-state index is 0.0160. The molecule has 0 fully saturated rings. The summed E-state index contributed by atoms with van der Waals surface area (Å²) in [6.07, 6.45) is 1.97. The molecule has 2 heterocycles. The van der Waals surface area contributed by atoms with Crippen LogP contribution in [0.15, 0.2) is 182 Å². The lowest BCUT2D eigenvalue weighted by Gasteiger charge is -2.34. The van der Waals surface area contributed by atoms with Gasteiger partial charge in [0.15, 0.2) is 0 Å². The van der Waals surface area contributed by atoms with Crippen molar-refractivity contribution in [3.05, 3.63) is 272 Å². The van der Waals surface area contributed by atoms with Crippen molar-refractivity contribution in [1.82, 2.24) is 9.13 Å². The van der Waals surface area contributed by atoms with Gasteiger partial charge in [-0.2, -0.15) is 0 Å². The third-order valence-corrected chi connectivity index (χ3v) is 22.8. The van der Waals surface area contributed by atoms with Crippen LogP contribution in [0.5, 0.6) is 23.0 Å². The van der Waals surface area contributed by atoms with Crippen molar-refractivity contribution < 1.29 is 28.5 Å². The summed E-state index contributed by atoms with van der Waals surface area (Å²) in [5, 5.41) is 31.2. The van der Waals surface area contributed by atoms with E-state index in [2.05, 4.69) is 295 Å². The summed E-state index contributed by atoms with van der Waals surface area (Å²) in [5.74, 6) is -0.215. The molecule has 111 heavy (non-hydrogen) atoms. The number of nitrogens with zero attached hydrogens (tertiary/aromatic N) is 2. The number of benzene rings is 12. The van der Waals surface area contributed by atoms with E-state index < -0.39 is 22.5 Å². The summed E-state index contributed by atoms with van der Waals surface area (Å²) in [7, 11) is 0. The van der Waals surface area contributed by atoms with Crippen LogP contribution in [0.25, 0.3) is 122 Å². The van der Waals surface area contributed by atoms with E-state index in [-0.39, 0.29) is 35.5 Å². The normalized spacial score (nSPS) is 12.4. The van der Waals surface area contributed by atoms with Crippen molar-refractivity contribution in [2.24, 2.45) is 10.8 Å². The van der Waals surface area contributed by atoms with Gasteiger partial charge in [-0.1, -0.05) is 189 Å². The Morgan fingerprint density at radius 1 is 0.306 bits per heavy atom. The second-order valence-corrected chi connectivity index (χ2v) is 36.1. The van der Waals surface area contributed by atoms with Gasteiger partial charge in [-0.05, 0) is 303 Å². The zero-order valence-corrected chi connectivity index (χ0v) is 69.2. The Balaban J connectivity index is 0.870. The van der Waals surface area contributed by atoms with Gasteiger partial charge in [0.25, 0.3) is 0 Å². The fraction of sp³-hybridized carbons (Fsp3) is 0.301. The van der Waals surface area contributed by atoms with Crippen molar-refractivity contribution >= 4 is 43.6 Å². The number of phenols is 2. The lowest BCUT2D eigenvalue weighted by Crippen LogP contribution is -2.25. The average Bonchev–Trinajstić information content (AvgIpc) is 1.65. The summed E-state index contributed by atoms with van der Waals surface area (Å²) in [6.45, 7) is 48.8. The molecule has 14 aromatic rings. The molecule has 0 spiro atoms. The summed E-state index contributed by atoms with van der Waals surface area (Å²) in [5.41, 5.74) is 30.7. The standard InChI is InChI=1S/C103H108F2N2O4/c1-58-38-62(5)94(63(6)39-58)70-24-30-78-79-31-25-71(95-64(7)40-59(2)41-65(95)8)47-87(79)106(86(78)46-70)90-52-74(102(19,20)56-100(13,14)15)50-84(98(90)108)82-54-76(104)28-34-92(82)110-36-23-37-111-93-35-29-77(105)55-83(93)85-51-75(103(21,22)57-101(16,17)18)53-91(99(85)109)107-88-48-72(96-66(9)42-60(3)43-67(96)10)26-32-80(88)81-33-27-73(49-89(81)107)97-68(11)44-61(4)45-69(97)12/h24-35,38-55,108-109H,23,36-37,56-57H2,1-22H3. The molecule has 0 aliphatic carbocycles. The molecular weight excluding hydrogens is 1370 g/mol. The number of aromatic hydroxyl groups is 2. The van der Waals surface area contributed by atoms with Crippen molar-refractivity contribution in [1.29, 1.82) is 0 Å². The lowest BCUT2D eigenvalue weighted by atomic mass is 9.71. The number of halogens is 2. The number of aryl methyl sites for hydroxylation is 12. The molecule has 0 unspecified atom stereocenters. The molecule has 8 heteroatoms. The molecule has 6 nitrogen and oxygen atoms in total. The van der Waals surface area contributed by atoms with E-state index >= 15 is 8.78 Å². The highest BCUT2D eigenvalue weighted by atomic mass is 19.1. The van der Waals surface area contributed by atoms with E-state index in [1.807, 2.05) is 12.1 Å². The molecule has 0 saturated heterocycles. The number of ether oxygens (including phenoxy) is 2. The second-order valence-electron chi connectivity index (χ2n) is 36.1. The van der Waals surface area contributed by atoms with E-state index in [0.717, 1.165) is 89.8 Å². The Bertz CT molecular complexity index is 5400. The highest BCUT2D eigenvalue weighted by molar-refractivity contribution is 6.13. The molecule has 0 atom stereocenters. The van der Waals surface area contributed by atoms with E-state index in [9.17, 15) is 10.2 Å². The van der Waals surface area contributed by atoms with Crippen LogP contribution in [-0.2, 0) is 10.8 Å². The minimum Gasteiger partial charge on any atom is -0.505 e. The Labute approximate surface area is 656 Å². The van der Waals surface area contributed by atoms with E-state index in [1.54, 1.807) is 12.1 Å². The van der Waals surface area contributed by atoms with Crippen LogP contribution in [0.1, 0.15) is 166 Å². The fourth-order valence-corrected chi connectivity index (χ4v) is 19.4. The van der Waals surface area contributed by atoms with Gasteiger partial charge in [0.2, 0.25) is 0 Å². The zero-order valence-electron chi connectivity index (χ0n) is 69.2. The maximum atomic E-state index is 16.4. The second kappa shape index (κ2) is 28.9. The van der Waals surface area contributed by atoms with E-state index in [1.165, 1.54) is 113 Å². The molecular formula is C103H108F2N2O4. The molecule has 14 rings (SSSR count). The summed E-state index contributed by atoms with van der Waals surface area (Å²) >= 11 is 0. The first-order valence-corrected chi connectivity index (χ1v) is 39.4. The molecule has 2 N–H and O–H groups in total. The van der Waals surface area contributed by atoms with Crippen LogP contribution in [0.3, 0.4) is 0 Å². The molecule has 12 aromatic carbocycles. The predicted octanol–water partition coefficient (Wildman–Crippen LogP) is 28.5. The van der Waals surface area contributed by atoms with Gasteiger partial charge in [-0.3, -0.25) is 0 Å². The maximum absolute atomic E-state index is 16.4. The van der Waals surface area contributed by atoms with Crippen molar-refractivity contribution in [2.45, 2.75) is 182 Å². The number of rotatable bonds is 18. The smallest absolute Gasteiger partial charge is 0.147 e. The quantitative estimate of drug-likeness (QED) is 0.0840. The van der Waals surface area contributed by atoms with Crippen molar-refractivity contribution in [2.75, 3.05) is 13.2 Å². The molecule has 568 valence electrons. The molecule has 2 aromatic heterocycles. The Morgan fingerprint density at radius 3 is 0.820 bits per heavy atom. The molecule has 0 radical (unpaired) electrons. The van der Waals surface area contributed by atoms with Gasteiger partial charge in [0, 0.05) is 50.2 Å². The monoisotopic (exact) mass is 1470 g/mol. The molecule has 0 saturated carbocycles. The van der Waals surface area contributed by atoms with Crippen molar-refractivity contribution in [3.8, 4) is 101 Å². The Kier molecular flexibility index (Phi) is 20.0. The lowest BCUT2D eigenvalue weighted by molar-refractivity contribution is 0.248. The van der Waals surface area contributed by atoms with Gasteiger partial charge in [-0.25, -0.2) is 8.78 Å². The van der Waals surface area contributed by atoms with Crippen molar-refractivity contribution in [3.63, 3.8) is 0 Å². The predicted molar refractivity (Wildman–Crippen MR) is 464 cm³/mol. The van der Waals surface area contributed by atoms with Crippen LogP contribution in [0.2, 0.25) is 0 Å². The van der Waals surface area contributed by atoms with E-state index in [4.69, 9.17) is 9.47 Å². The van der Waals surface area contributed by atoms with Crippen LogP contribution < -0.4 is 9.47 Å². The summed E-state index contributed by atoms with van der Waals surface area (Å²) in [6, 6.07) is 62.2. The van der Waals surface area contributed by atoms with Crippen LogP contribution >= 0.6 is 0 Å². The number of phenolic OH excluding ortho intramolecular Hbond substituents is 2. The molecule has 0 aliphatic heterocycles. The van der Waals surface area contributed by atoms with Gasteiger partial charge >= 0.3 is 0 Å². The topological polar surface area (TPSA) is 68.8 Å².